The fraction of sp³-hybridized carbons (Fsp3) is 0.308. The number of H-pyrrole nitrogens is 1. The average molecular weight is 203 g/mol. The maximum atomic E-state index is 7.68. The standard InChI is InChI=1S/C13H16N2/c1-9-5-4-6-12(10(9)2)11(3)13-7-14-8-15-13/h4-8,11H,1-3H3,(H,14,15)/i2D3. The molecule has 2 nitrogen and oxygen atoms in total. The van der Waals surface area contributed by atoms with Crippen LogP contribution in [0.4, 0.5) is 0 Å². The summed E-state index contributed by atoms with van der Waals surface area (Å²) in [5.41, 5.74) is 3.01. The van der Waals surface area contributed by atoms with Crippen molar-refractivity contribution in [3.05, 3.63) is 53.1 Å². The lowest BCUT2D eigenvalue weighted by Gasteiger charge is -2.14. The number of imidazole rings is 1. The Morgan fingerprint density at radius 1 is 1.47 bits per heavy atom. The second-order valence-corrected chi connectivity index (χ2v) is 3.77. The van der Waals surface area contributed by atoms with Crippen molar-refractivity contribution in [2.75, 3.05) is 0 Å². The van der Waals surface area contributed by atoms with E-state index in [4.69, 9.17) is 4.11 Å². The average Bonchev–Trinajstić information content (AvgIpc) is 2.79. The number of benzene rings is 1. The van der Waals surface area contributed by atoms with Gasteiger partial charge in [0, 0.05) is 21.9 Å². The molecule has 0 amide bonds. The van der Waals surface area contributed by atoms with Gasteiger partial charge in [-0.25, -0.2) is 4.98 Å². The van der Waals surface area contributed by atoms with E-state index in [1.165, 1.54) is 0 Å². The van der Waals surface area contributed by atoms with E-state index in [1.807, 2.05) is 32.0 Å². The molecule has 0 saturated carbocycles. The van der Waals surface area contributed by atoms with Crippen molar-refractivity contribution in [2.24, 2.45) is 0 Å². The Kier molecular flexibility index (Phi) is 1.77. The second kappa shape index (κ2) is 3.89. The Morgan fingerprint density at radius 2 is 2.33 bits per heavy atom. The molecule has 0 bridgehead atoms. The first kappa shape index (κ1) is 6.83. The van der Waals surface area contributed by atoms with E-state index in [0.29, 0.717) is 5.56 Å². The molecular weight excluding hydrogens is 184 g/mol. The van der Waals surface area contributed by atoms with E-state index in [1.54, 1.807) is 12.5 Å². The number of nitrogens with one attached hydrogen (secondary N) is 1. The first-order valence-corrected chi connectivity index (χ1v) is 4.99. The molecule has 1 heterocycles. The molecule has 0 aliphatic rings. The first-order valence-electron chi connectivity index (χ1n) is 6.49. The van der Waals surface area contributed by atoms with E-state index < -0.39 is 6.85 Å². The molecule has 2 heteroatoms. The van der Waals surface area contributed by atoms with Crippen molar-refractivity contribution in [2.45, 2.75) is 26.6 Å². The van der Waals surface area contributed by atoms with E-state index in [-0.39, 0.29) is 5.92 Å². The zero-order valence-corrected chi connectivity index (χ0v) is 8.91. The van der Waals surface area contributed by atoms with Crippen molar-refractivity contribution in [1.82, 2.24) is 9.97 Å². The Labute approximate surface area is 94.6 Å². The summed E-state index contributed by atoms with van der Waals surface area (Å²) in [6, 6.07) is 5.61. The molecule has 0 aliphatic carbocycles. The molecule has 0 spiro atoms. The van der Waals surface area contributed by atoms with Crippen molar-refractivity contribution >= 4 is 0 Å². The third-order valence-electron chi connectivity index (χ3n) is 2.76. The molecule has 78 valence electrons. The van der Waals surface area contributed by atoms with Crippen molar-refractivity contribution in [3.63, 3.8) is 0 Å². The Bertz CT molecular complexity index is 530. The van der Waals surface area contributed by atoms with Gasteiger partial charge >= 0.3 is 0 Å². The Hall–Kier alpha value is -1.57. The topological polar surface area (TPSA) is 28.7 Å². The maximum Gasteiger partial charge on any atom is 0.0921 e. The molecular formula is C13H16N2. The zero-order chi connectivity index (χ0) is 13.3. The third-order valence-corrected chi connectivity index (χ3v) is 2.76. The van der Waals surface area contributed by atoms with Crippen LogP contribution >= 0.6 is 0 Å². The minimum atomic E-state index is -2.09. The van der Waals surface area contributed by atoms with E-state index >= 15 is 0 Å². The molecule has 15 heavy (non-hydrogen) atoms. The van der Waals surface area contributed by atoms with Gasteiger partial charge in [-0.15, -0.1) is 0 Å². The highest BCUT2D eigenvalue weighted by atomic mass is 14.9. The lowest BCUT2D eigenvalue weighted by Crippen LogP contribution is -2.00. The van der Waals surface area contributed by atoms with Crippen molar-refractivity contribution < 1.29 is 4.11 Å². The van der Waals surface area contributed by atoms with Gasteiger partial charge < -0.3 is 4.98 Å². The monoisotopic (exact) mass is 203 g/mol. The van der Waals surface area contributed by atoms with Crippen LogP contribution in [-0.2, 0) is 0 Å². The van der Waals surface area contributed by atoms with Crippen LogP contribution in [0.25, 0.3) is 0 Å². The third kappa shape index (κ3) is 1.80. The lowest BCUT2D eigenvalue weighted by atomic mass is 9.92. The van der Waals surface area contributed by atoms with Gasteiger partial charge in [0.25, 0.3) is 0 Å². The normalized spacial score (nSPS) is 16.5. The van der Waals surface area contributed by atoms with Gasteiger partial charge in [-0.1, -0.05) is 25.1 Å². The van der Waals surface area contributed by atoms with Gasteiger partial charge in [-0.2, -0.15) is 0 Å². The summed E-state index contributed by atoms with van der Waals surface area (Å²) in [4.78, 5) is 7.03. The summed E-state index contributed by atoms with van der Waals surface area (Å²) in [5.74, 6) is -0.0113. The largest absolute Gasteiger partial charge is 0.348 e. The number of nitrogens with zero attached hydrogens (tertiary/aromatic N) is 1. The SMILES string of the molecule is [2H]C([2H])([2H])c1c(C)cccc1C(C)c1cnc[nH]1. The minimum absolute atomic E-state index is 0.0113. The van der Waals surface area contributed by atoms with Gasteiger partial charge in [-0.05, 0) is 30.5 Å². The Balaban J connectivity index is 2.55. The summed E-state index contributed by atoms with van der Waals surface area (Å²) in [6.45, 7) is 1.73. The molecule has 0 aliphatic heterocycles. The molecule has 2 rings (SSSR count). The van der Waals surface area contributed by atoms with Crippen LogP contribution < -0.4 is 0 Å². The van der Waals surface area contributed by atoms with Gasteiger partial charge in [0.1, 0.15) is 0 Å². The predicted molar refractivity (Wildman–Crippen MR) is 62.0 cm³/mol. The van der Waals surface area contributed by atoms with E-state index in [0.717, 1.165) is 16.8 Å². The second-order valence-electron chi connectivity index (χ2n) is 3.77. The van der Waals surface area contributed by atoms with E-state index in [2.05, 4.69) is 9.97 Å². The Morgan fingerprint density at radius 3 is 3.00 bits per heavy atom. The number of aromatic nitrogens is 2. The highest BCUT2D eigenvalue weighted by molar-refractivity contribution is 5.38. The van der Waals surface area contributed by atoms with Gasteiger partial charge in [0.15, 0.2) is 0 Å². The van der Waals surface area contributed by atoms with Crippen molar-refractivity contribution in [1.29, 1.82) is 0 Å². The highest BCUT2D eigenvalue weighted by Crippen LogP contribution is 2.26. The lowest BCUT2D eigenvalue weighted by molar-refractivity contribution is 0.871. The number of hydrogen-bond donors (Lipinski definition) is 1. The van der Waals surface area contributed by atoms with Crippen LogP contribution in [0.2, 0.25) is 0 Å². The van der Waals surface area contributed by atoms with Crippen LogP contribution in [0.1, 0.15) is 39.3 Å². The molecule has 1 atom stereocenters. The summed E-state index contributed by atoms with van der Waals surface area (Å²) < 4.78 is 23.0. The fourth-order valence-electron chi connectivity index (χ4n) is 1.72. The number of aryl methyl sites for hydroxylation is 1. The minimum Gasteiger partial charge on any atom is -0.348 e. The molecule has 1 unspecified atom stereocenters. The molecule has 0 saturated heterocycles. The van der Waals surface area contributed by atoms with Crippen molar-refractivity contribution in [3.8, 4) is 0 Å². The van der Waals surface area contributed by atoms with Gasteiger partial charge in [0.05, 0.1) is 6.33 Å². The van der Waals surface area contributed by atoms with Crippen LogP contribution in [0.5, 0.6) is 0 Å². The maximum absolute atomic E-state index is 7.68. The van der Waals surface area contributed by atoms with Crippen LogP contribution in [0, 0.1) is 13.8 Å². The van der Waals surface area contributed by atoms with Gasteiger partial charge in [-0.3, -0.25) is 0 Å². The summed E-state index contributed by atoms with van der Waals surface area (Å²) in [6.07, 6.45) is 3.34. The fourth-order valence-corrected chi connectivity index (χ4v) is 1.72. The quantitative estimate of drug-likeness (QED) is 0.798. The summed E-state index contributed by atoms with van der Waals surface area (Å²) >= 11 is 0. The van der Waals surface area contributed by atoms with E-state index in [9.17, 15) is 0 Å². The van der Waals surface area contributed by atoms with Gasteiger partial charge in [0.2, 0.25) is 0 Å². The number of aromatic amines is 1. The molecule has 1 N–H and O–H groups in total. The highest BCUT2D eigenvalue weighted by Gasteiger charge is 2.12. The number of rotatable bonds is 2. The zero-order valence-electron chi connectivity index (χ0n) is 11.9. The molecule has 1 aromatic carbocycles. The molecule has 1 aromatic heterocycles. The molecule has 2 aromatic rings. The summed E-state index contributed by atoms with van der Waals surface area (Å²) in [5, 5.41) is 0. The van der Waals surface area contributed by atoms with Crippen LogP contribution in [0.3, 0.4) is 0 Å². The van der Waals surface area contributed by atoms with Crippen LogP contribution in [-0.4, -0.2) is 9.97 Å². The molecule has 0 fully saturated rings. The smallest absolute Gasteiger partial charge is 0.0921 e. The number of hydrogen-bond acceptors (Lipinski definition) is 1. The first-order chi connectivity index (χ1) is 8.41. The van der Waals surface area contributed by atoms with Crippen LogP contribution in [0.15, 0.2) is 30.7 Å². The summed E-state index contributed by atoms with van der Waals surface area (Å²) in [7, 11) is 0. The predicted octanol–water partition coefficient (Wildman–Crippen LogP) is 3.18. The molecule has 0 radical (unpaired) electrons.